The lowest BCUT2D eigenvalue weighted by molar-refractivity contribution is -0.127. The van der Waals surface area contributed by atoms with E-state index in [2.05, 4.69) is 15.6 Å². The number of amides is 1. The van der Waals surface area contributed by atoms with Crippen molar-refractivity contribution < 1.29 is 9.18 Å². The predicted molar refractivity (Wildman–Crippen MR) is 84.2 cm³/mol. The molecule has 0 radical (unpaired) electrons. The molecule has 0 spiro atoms. The minimum Gasteiger partial charge on any atom is -0.356 e. The molecule has 1 saturated carbocycles. The van der Waals surface area contributed by atoms with Crippen molar-refractivity contribution in [2.24, 2.45) is 10.9 Å². The number of carbonyl (C=O) groups is 1. The number of likely N-dealkylation sites (N-methyl/N-ethyl adjacent to an activating group) is 1. The molecule has 0 bridgehead atoms. The number of nitrogens with one attached hydrogen (secondary N) is 2. The molecule has 0 aromatic carbocycles. The summed E-state index contributed by atoms with van der Waals surface area (Å²) in [5.74, 6) is 1.25. The molecule has 0 aromatic heterocycles. The van der Waals surface area contributed by atoms with Crippen LogP contribution in [0.1, 0.15) is 38.5 Å². The summed E-state index contributed by atoms with van der Waals surface area (Å²) in [6.45, 7) is 1.17. The number of halogens is 1. The summed E-state index contributed by atoms with van der Waals surface area (Å²) in [5.41, 5.74) is 0. The van der Waals surface area contributed by atoms with E-state index in [-0.39, 0.29) is 19.1 Å². The molecule has 0 saturated heterocycles. The van der Waals surface area contributed by atoms with Crippen LogP contribution < -0.4 is 10.6 Å². The number of nitrogens with zero attached hydrogens (tertiary/aromatic N) is 2. The van der Waals surface area contributed by atoms with E-state index >= 15 is 0 Å². The smallest absolute Gasteiger partial charge is 0.243 e. The minimum atomic E-state index is -0.348. The van der Waals surface area contributed by atoms with Crippen LogP contribution >= 0.6 is 0 Å². The number of hydrogen-bond acceptors (Lipinski definition) is 2. The maximum Gasteiger partial charge on any atom is 0.243 e. The summed E-state index contributed by atoms with van der Waals surface area (Å²) in [6, 6.07) is 0. The maximum absolute atomic E-state index is 12.2. The number of alkyl halides is 1. The molecular formula is C15H29FN4O. The maximum atomic E-state index is 12.2. The van der Waals surface area contributed by atoms with Crippen LogP contribution in [0.4, 0.5) is 4.39 Å². The van der Waals surface area contributed by atoms with Crippen LogP contribution in [0.5, 0.6) is 0 Å². The standard InChI is InChI=1S/C15H29FN4O/c1-20(2)14(21)12-19-15(17-10-6-9-16)18-11-13-7-4-3-5-8-13/h13H,3-12H2,1-2H3,(H2,17,18,19). The van der Waals surface area contributed by atoms with Gasteiger partial charge in [0.15, 0.2) is 5.96 Å². The van der Waals surface area contributed by atoms with Crippen molar-refractivity contribution in [2.45, 2.75) is 38.5 Å². The molecule has 5 nitrogen and oxygen atoms in total. The number of carbonyl (C=O) groups excluding carboxylic acids is 1. The molecule has 0 heterocycles. The molecular weight excluding hydrogens is 271 g/mol. The van der Waals surface area contributed by atoms with Crippen molar-refractivity contribution in [1.29, 1.82) is 0 Å². The molecule has 1 amide bonds. The Bertz CT molecular complexity index is 328. The molecule has 0 atom stereocenters. The van der Waals surface area contributed by atoms with Crippen LogP contribution in [0.25, 0.3) is 0 Å². The Labute approximate surface area is 127 Å². The highest BCUT2D eigenvalue weighted by Gasteiger charge is 2.13. The summed E-state index contributed by atoms with van der Waals surface area (Å²) >= 11 is 0. The molecule has 6 heteroatoms. The van der Waals surface area contributed by atoms with E-state index in [4.69, 9.17) is 0 Å². The van der Waals surface area contributed by atoms with Crippen molar-refractivity contribution in [3.63, 3.8) is 0 Å². The first-order valence-electron chi connectivity index (χ1n) is 7.91. The number of guanidine groups is 1. The second-order valence-corrected chi connectivity index (χ2v) is 5.81. The average Bonchev–Trinajstić information content (AvgIpc) is 2.50. The van der Waals surface area contributed by atoms with Crippen molar-refractivity contribution in [3.8, 4) is 0 Å². The summed E-state index contributed by atoms with van der Waals surface area (Å²) in [6.07, 6.45) is 6.89. The molecule has 2 N–H and O–H groups in total. The first-order chi connectivity index (χ1) is 10.1. The van der Waals surface area contributed by atoms with Crippen molar-refractivity contribution in [3.05, 3.63) is 0 Å². The number of aliphatic imine (C=N–C) groups is 1. The van der Waals surface area contributed by atoms with Gasteiger partial charge < -0.3 is 15.5 Å². The zero-order valence-corrected chi connectivity index (χ0v) is 13.3. The lowest BCUT2D eigenvalue weighted by atomic mass is 9.89. The fraction of sp³-hybridized carbons (Fsp3) is 0.867. The van der Waals surface area contributed by atoms with Gasteiger partial charge in [-0.05, 0) is 25.2 Å². The van der Waals surface area contributed by atoms with E-state index in [1.807, 2.05) is 0 Å². The third kappa shape index (κ3) is 7.87. The average molecular weight is 300 g/mol. The normalized spacial score (nSPS) is 16.6. The first-order valence-corrected chi connectivity index (χ1v) is 7.91. The zero-order chi connectivity index (χ0) is 15.5. The molecule has 0 unspecified atom stereocenters. The summed E-state index contributed by atoms with van der Waals surface area (Å²) in [7, 11) is 3.42. The van der Waals surface area contributed by atoms with Crippen molar-refractivity contribution in [2.75, 3.05) is 40.4 Å². The Morgan fingerprint density at radius 3 is 2.57 bits per heavy atom. The largest absolute Gasteiger partial charge is 0.356 e. The molecule has 122 valence electrons. The van der Waals surface area contributed by atoms with Gasteiger partial charge in [0.2, 0.25) is 5.91 Å². The molecule has 0 aromatic rings. The van der Waals surface area contributed by atoms with E-state index in [0.717, 1.165) is 6.54 Å². The first kappa shape index (κ1) is 17.7. The summed E-state index contributed by atoms with van der Waals surface area (Å²) < 4.78 is 12.2. The second kappa shape index (κ2) is 10.4. The van der Waals surface area contributed by atoms with Crippen LogP contribution in [-0.2, 0) is 4.79 Å². The van der Waals surface area contributed by atoms with Gasteiger partial charge >= 0.3 is 0 Å². The third-order valence-corrected chi connectivity index (χ3v) is 3.76. The van der Waals surface area contributed by atoms with Crippen molar-refractivity contribution in [1.82, 2.24) is 15.5 Å². The third-order valence-electron chi connectivity index (χ3n) is 3.76. The molecule has 21 heavy (non-hydrogen) atoms. The highest BCUT2D eigenvalue weighted by atomic mass is 19.1. The number of rotatable bonds is 7. The van der Waals surface area contributed by atoms with E-state index in [0.29, 0.717) is 24.8 Å². The highest BCUT2D eigenvalue weighted by Crippen LogP contribution is 2.22. The van der Waals surface area contributed by atoms with Crippen LogP contribution in [0.2, 0.25) is 0 Å². The molecule has 1 fully saturated rings. The van der Waals surface area contributed by atoms with E-state index < -0.39 is 0 Å². The fourth-order valence-electron chi connectivity index (χ4n) is 2.37. The Hall–Kier alpha value is -1.33. The van der Waals surface area contributed by atoms with Gasteiger partial charge in [-0.1, -0.05) is 19.3 Å². The van der Waals surface area contributed by atoms with Crippen LogP contribution in [0.3, 0.4) is 0 Å². The van der Waals surface area contributed by atoms with Gasteiger partial charge in [0.1, 0.15) is 6.54 Å². The zero-order valence-electron chi connectivity index (χ0n) is 13.3. The lowest BCUT2D eigenvalue weighted by Crippen LogP contribution is -2.41. The molecule has 1 rings (SSSR count). The monoisotopic (exact) mass is 300 g/mol. The minimum absolute atomic E-state index is 0.0424. The van der Waals surface area contributed by atoms with Crippen LogP contribution in [0.15, 0.2) is 4.99 Å². The van der Waals surface area contributed by atoms with Gasteiger partial charge in [0.05, 0.1) is 6.67 Å². The van der Waals surface area contributed by atoms with Gasteiger partial charge in [-0.2, -0.15) is 0 Å². The van der Waals surface area contributed by atoms with Gasteiger partial charge in [-0.25, -0.2) is 4.99 Å². The van der Waals surface area contributed by atoms with Gasteiger partial charge in [-0.15, -0.1) is 0 Å². The Kier molecular flexibility index (Phi) is 8.78. The fourth-order valence-corrected chi connectivity index (χ4v) is 2.37. The summed E-state index contributed by atoms with van der Waals surface area (Å²) in [5, 5.41) is 6.37. The summed E-state index contributed by atoms with van der Waals surface area (Å²) in [4.78, 5) is 17.4. The molecule has 1 aliphatic rings. The topological polar surface area (TPSA) is 56.7 Å². The highest BCUT2D eigenvalue weighted by molar-refractivity contribution is 5.84. The van der Waals surface area contributed by atoms with Crippen LogP contribution in [-0.4, -0.2) is 57.2 Å². The van der Waals surface area contributed by atoms with E-state index in [1.54, 1.807) is 14.1 Å². The quantitative estimate of drug-likeness (QED) is 0.426. The lowest BCUT2D eigenvalue weighted by Gasteiger charge is -2.23. The Morgan fingerprint density at radius 1 is 1.24 bits per heavy atom. The number of hydrogen-bond donors (Lipinski definition) is 2. The van der Waals surface area contributed by atoms with Crippen LogP contribution in [0, 0.1) is 5.92 Å². The van der Waals surface area contributed by atoms with E-state index in [1.165, 1.54) is 37.0 Å². The van der Waals surface area contributed by atoms with E-state index in [9.17, 15) is 9.18 Å². The Balaban J connectivity index is 2.42. The molecule has 0 aliphatic heterocycles. The van der Waals surface area contributed by atoms with Gasteiger partial charge in [-0.3, -0.25) is 9.18 Å². The second-order valence-electron chi connectivity index (χ2n) is 5.81. The van der Waals surface area contributed by atoms with Crippen molar-refractivity contribution >= 4 is 11.9 Å². The van der Waals surface area contributed by atoms with Gasteiger partial charge in [0.25, 0.3) is 0 Å². The molecule has 1 aliphatic carbocycles. The van der Waals surface area contributed by atoms with Gasteiger partial charge in [0, 0.05) is 27.2 Å². The SMILES string of the molecule is CN(C)C(=O)CN=C(NCCCF)NCC1CCCCC1. The Morgan fingerprint density at radius 2 is 1.95 bits per heavy atom. The predicted octanol–water partition coefficient (Wildman–Crippen LogP) is 1.55.